The van der Waals surface area contributed by atoms with Crippen molar-refractivity contribution in [2.75, 3.05) is 0 Å². The lowest BCUT2D eigenvalue weighted by molar-refractivity contribution is 0.342. The molecule has 4 nitrogen and oxygen atoms in total. The van der Waals surface area contributed by atoms with Crippen LogP contribution in [-0.2, 0) is 0 Å². The van der Waals surface area contributed by atoms with Crippen molar-refractivity contribution in [2.24, 2.45) is 0 Å². The average molecular weight is 247 g/mol. The normalized spacial score (nSPS) is 10.6. The minimum atomic E-state index is 0.176. The molecule has 2 heterocycles. The van der Waals surface area contributed by atoms with Gasteiger partial charge >= 0.3 is 6.08 Å². The second-order valence-corrected chi connectivity index (χ2v) is 3.82. The van der Waals surface area contributed by atoms with E-state index in [0.717, 1.165) is 0 Å². The molecule has 0 radical (unpaired) electrons. The molecule has 0 spiro atoms. The fourth-order valence-electron chi connectivity index (χ4n) is 1.43. The summed E-state index contributed by atoms with van der Waals surface area (Å²) in [5.74, 6) is 0.574. The summed E-state index contributed by atoms with van der Waals surface area (Å²) in [7, 11) is 0. The van der Waals surface area contributed by atoms with Crippen LogP contribution in [0.15, 0.2) is 47.1 Å². The third kappa shape index (κ3) is 2.07. The van der Waals surface area contributed by atoms with Gasteiger partial charge in [-0.2, -0.15) is 4.98 Å². The highest BCUT2D eigenvalue weighted by Gasteiger charge is 2.08. The molecule has 0 amide bonds. The van der Waals surface area contributed by atoms with Crippen LogP contribution in [0.5, 0.6) is 11.8 Å². The molecule has 0 fully saturated rings. The fraction of sp³-hybridized carbons (Fsp3) is 0. The Balaban J connectivity index is 1.96. The van der Waals surface area contributed by atoms with E-state index < -0.39 is 0 Å². The Labute approximate surface area is 102 Å². The summed E-state index contributed by atoms with van der Waals surface area (Å²) >= 11 is 5.85. The van der Waals surface area contributed by atoms with Crippen molar-refractivity contribution in [1.29, 1.82) is 0 Å². The van der Waals surface area contributed by atoms with Crippen molar-refractivity contribution < 1.29 is 9.15 Å². The van der Waals surface area contributed by atoms with Crippen LogP contribution in [0.1, 0.15) is 0 Å². The Morgan fingerprint density at radius 2 is 2.18 bits per heavy atom. The number of ether oxygens (including phenoxy) is 1. The van der Waals surface area contributed by atoms with E-state index in [-0.39, 0.29) is 6.08 Å². The second kappa shape index (κ2) is 4.07. The summed E-state index contributed by atoms with van der Waals surface area (Å²) in [4.78, 5) is 8.11. The molecule has 2 aromatic heterocycles. The maximum atomic E-state index is 5.85. The first-order chi connectivity index (χ1) is 8.31. The van der Waals surface area contributed by atoms with E-state index >= 15 is 0 Å². The third-order valence-electron chi connectivity index (χ3n) is 2.17. The van der Waals surface area contributed by atoms with Crippen LogP contribution in [0, 0.1) is 0 Å². The Morgan fingerprint density at radius 1 is 1.24 bits per heavy atom. The Bertz CT molecular complexity index is 652. The minimum absolute atomic E-state index is 0.176. The van der Waals surface area contributed by atoms with E-state index in [9.17, 15) is 0 Å². The molecular weight excluding hydrogens is 240 g/mol. The summed E-state index contributed by atoms with van der Waals surface area (Å²) in [6, 6.07) is 8.77. The fourth-order valence-corrected chi connectivity index (χ4v) is 1.59. The van der Waals surface area contributed by atoms with Gasteiger partial charge in [-0.15, -0.1) is 0 Å². The minimum Gasteiger partial charge on any atom is -0.409 e. The molecule has 0 aliphatic rings. The van der Waals surface area contributed by atoms with Gasteiger partial charge in [0.05, 0.1) is 6.20 Å². The van der Waals surface area contributed by atoms with Crippen molar-refractivity contribution >= 4 is 22.7 Å². The van der Waals surface area contributed by atoms with Crippen LogP contribution >= 0.6 is 11.6 Å². The number of halogens is 1. The molecule has 0 saturated carbocycles. The predicted molar refractivity (Wildman–Crippen MR) is 63.3 cm³/mol. The van der Waals surface area contributed by atoms with Crippen LogP contribution in [0.2, 0.25) is 5.02 Å². The summed E-state index contributed by atoms with van der Waals surface area (Å²) in [6.07, 6.45) is 3.43. The van der Waals surface area contributed by atoms with E-state index in [4.69, 9.17) is 20.8 Å². The van der Waals surface area contributed by atoms with Crippen LogP contribution in [0.4, 0.5) is 0 Å². The maximum Gasteiger partial charge on any atom is 0.400 e. The molecule has 3 rings (SSSR count). The van der Waals surface area contributed by atoms with Gasteiger partial charge in [0.2, 0.25) is 0 Å². The van der Waals surface area contributed by atoms with Crippen molar-refractivity contribution in [3.63, 3.8) is 0 Å². The summed E-state index contributed by atoms with van der Waals surface area (Å²) in [6.45, 7) is 0. The van der Waals surface area contributed by atoms with Gasteiger partial charge in [0.1, 0.15) is 5.52 Å². The highest BCUT2D eigenvalue weighted by Crippen LogP contribution is 2.26. The largest absolute Gasteiger partial charge is 0.409 e. The zero-order valence-corrected chi connectivity index (χ0v) is 9.39. The first-order valence-corrected chi connectivity index (χ1v) is 5.33. The molecule has 17 heavy (non-hydrogen) atoms. The van der Waals surface area contributed by atoms with E-state index in [1.807, 2.05) is 0 Å². The number of benzene rings is 1. The molecule has 0 saturated heterocycles. The molecule has 0 unspecified atom stereocenters. The molecule has 0 N–H and O–H groups in total. The molecule has 0 aliphatic heterocycles. The SMILES string of the molecule is Clc1ccc2nc(Oc3cccnc3)oc2c1. The van der Waals surface area contributed by atoms with Gasteiger partial charge in [-0.25, -0.2) is 0 Å². The molecule has 3 aromatic rings. The molecule has 5 heteroatoms. The Kier molecular flexibility index (Phi) is 2.42. The summed E-state index contributed by atoms with van der Waals surface area (Å²) in [5, 5.41) is 0.599. The van der Waals surface area contributed by atoms with Crippen LogP contribution < -0.4 is 4.74 Å². The number of rotatable bonds is 2. The van der Waals surface area contributed by atoms with Gasteiger partial charge in [-0.05, 0) is 24.3 Å². The second-order valence-electron chi connectivity index (χ2n) is 3.38. The maximum absolute atomic E-state index is 5.85. The van der Waals surface area contributed by atoms with E-state index in [0.29, 0.717) is 21.9 Å². The number of hydrogen-bond acceptors (Lipinski definition) is 4. The van der Waals surface area contributed by atoms with Gasteiger partial charge in [0.15, 0.2) is 11.3 Å². The van der Waals surface area contributed by atoms with E-state index in [1.165, 1.54) is 0 Å². The third-order valence-corrected chi connectivity index (χ3v) is 2.41. The number of nitrogens with zero attached hydrogens (tertiary/aromatic N) is 2. The molecule has 0 bridgehead atoms. The lowest BCUT2D eigenvalue weighted by Gasteiger charge is -1.97. The van der Waals surface area contributed by atoms with Crippen molar-refractivity contribution in [2.45, 2.75) is 0 Å². The zero-order valence-electron chi connectivity index (χ0n) is 8.63. The highest BCUT2D eigenvalue weighted by molar-refractivity contribution is 6.31. The lowest BCUT2D eigenvalue weighted by Crippen LogP contribution is -1.83. The molecular formula is C12H7ClN2O2. The quantitative estimate of drug-likeness (QED) is 0.692. The monoisotopic (exact) mass is 246 g/mol. The molecule has 1 aromatic carbocycles. The summed E-state index contributed by atoms with van der Waals surface area (Å²) in [5.41, 5.74) is 1.30. The molecule has 0 atom stereocenters. The Hall–Kier alpha value is -2.07. The first kappa shape index (κ1) is 10.1. The van der Waals surface area contributed by atoms with Crippen molar-refractivity contribution in [1.82, 2.24) is 9.97 Å². The number of oxazole rings is 1. The smallest absolute Gasteiger partial charge is 0.400 e. The number of fused-ring (bicyclic) bond motifs is 1. The van der Waals surface area contributed by atoms with Crippen molar-refractivity contribution in [3.8, 4) is 11.8 Å². The van der Waals surface area contributed by atoms with Gasteiger partial charge in [0, 0.05) is 17.3 Å². The van der Waals surface area contributed by atoms with Gasteiger partial charge in [-0.1, -0.05) is 11.6 Å². The zero-order chi connectivity index (χ0) is 11.7. The first-order valence-electron chi connectivity index (χ1n) is 4.95. The van der Waals surface area contributed by atoms with Gasteiger partial charge in [0.25, 0.3) is 0 Å². The van der Waals surface area contributed by atoms with E-state index in [2.05, 4.69) is 9.97 Å². The summed E-state index contributed by atoms with van der Waals surface area (Å²) < 4.78 is 10.8. The van der Waals surface area contributed by atoms with Gasteiger partial charge in [-0.3, -0.25) is 4.98 Å². The van der Waals surface area contributed by atoms with Crippen molar-refractivity contribution in [3.05, 3.63) is 47.7 Å². The topological polar surface area (TPSA) is 48.2 Å². The number of aromatic nitrogens is 2. The number of hydrogen-bond donors (Lipinski definition) is 0. The Morgan fingerprint density at radius 3 is 3.00 bits per heavy atom. The highest BCUT2D eigenvalue weighted by atomic mass is 35.5. The average Bonchev–Trinajstić information content (AvgIpc) is 2.71. The van der Waals surface area contributed by atoms with Crippen LogP contribution in [-0.4, -0.2) is 9.97 Å². The van der Waals surface area contributed by atoms with Crippen LogP contribution in [0.3, 0.4) is 0 Å². The lowest BCUT2D eigenvalue weighted by atomic mass is 10.3. The van der Waals surface area contributed by atoms with Gasteiger partial charge < -0.3 is 9.15 Å². The van der Waals surface area contributed by atoms with Crippen LogP contribution in [0.25, 0.3) is 11.1 Å². The standard InChI is InChI=1S/C12H7ClN2O2/c13-8-3-4-10-11(6-8)17-12(15-10)16-9-2-1-5-14-7-9/h1-7H. The van der Waals surface area contributed by atoms with E-state index in [1.54, 1.807) is 42.7 Å². The molecule has 0 aliphatic carbocycles. The molecule has 84 valence electrons. The predicted octanol–water partition coefficient (Wildman–Crippen LogP) is 3.67. The number of pyridine rings is 1.